The standard InChI is InChI=1S/C12H20ClFO/c1-12(14)8-15-10(7-11(12)13)9-5-3-2-4-6-9/h9-11H,2-8H2,1H3/t10-,11-,12?/m0/s1. The lowest BCUT2D eigenvalue weighted by Crippen LogP contribution is -2.47. The number of alkyl halides is 2. The highest BCUT2D eigenvalue weighted by atomic mass is 35.5. The van der Waals surface area contributed by atoms with Gasteiger partial charge in [0.15, 0.2) is 0 Å². The molecule has 0 spiro atoms. The molecule has 1 nitrogen and oxygen atoms in total. The summed E-state index contributed by atoms with van der Waals surface area (Å²) in [6.45, 7) is 1.71. The molecule has 15 heavy (non-hydrogen) atoms. The molecule has 0 amide bonds. The zero-order valence-electron chi connectivity index (χ0n) is 9.35. The van der Waals surface area contributed by atoms with Gasteiger partial charge in [-0.25, -0.2) is 4.39 Å². The minimum atomic E-state index is -1.34. The van der Waals surface area contributed by atoms with Crippen molar-refractivity contribution < 1.29 is 9.13 Å². The molecular formula is C12H20ClFO. The Hall–Kier alpha value is 0.180. The monoisotopic (exact) mass is 234 g/mol. The van der Waals surface area contributed by atoms with Crippen LogP contribution >= 0.6 is 11.6 Å². The van der Waals surface area contributed by atoms with Crippen LogP contribution in [0.3, 0.4) is 0 Å². The maximum atomic E-state index is 13.7. The van der Waals surface area contributed by atoms with E-state index in [0.29, 0.717) is 12.3 Å². The molecule has 1 heterocycles. The zero-order chi connectivity index (χ0) is 10.9. The highest BCUT2D eigenvalue weighted by Gasteiger charge is 2.42. The van der Waals surface area contributed by atoms with Crippen LogP contribution in [0.15, 0.2) is 0 Å². The van der Waals surface area contributed by atoms with Crippen LogP contribution in [0.1, 0.15) is 45.4 Å². The first-order chi connectivity index (χ1) is 7.09. The number of hydrogen-bond donors (Lipinski definition) is 0. The third kappa shape index (κ3) is 2.65. The van der Waals surface area contributed by atoms with Gasteiger partial charge in [0.1, 0.15) is 5.67 Å². The van der Waals surface area contributed by atoms with Gasteiger partial charge in [-0.2, -0.15) is 0 Å². The van der Waals surface area contributed by atoms with Crippen molar-refractivity contribution in [3.8, 4) is 0 Å². The Labute approximate surface area is 96.3 Å². The number of hydrogen-bond acceptors (Lipinski definition) is 1. The lowest BCUT2D eigenvalue weighted by Gasteiger charge is -2.40. The molecule has 0 aromatic carbocycles. The van der Waals surface area contributed by atoms with Crippen molar-refractivity contribution >= 4 is 11.6 Å². The Morgan fingerprint density at radius 3 is 2.53 bits per heavy atom. The molecule has 2 rings (SSSR count). The van der Waals surface area contributed by atoms with E-state index in [-0.39, 0.29) is 18.1 Å². The average molecular weight is 235 g/mol. The first kappa shape index (κ1) is 11.7. The van der Waals surface area contributed by atoms with Crippen LogP contribution in [-0.4, -0.2) is 23.8 Å². The highest BCUT2D eigenvalue weighted by molar-refractivity contribution is 6.21. The fraction of sp³-hybridized carbons (Fsp3) is 1.00. The second-order valence-corrected chi connectivity index (χ2v) is 5.76. The van der Waals surface area contributed by atoms with Gasteiger partial charge >= 0.3 is 0 Å². The van der Waals surface area contributed by atoms with E-state index in [1.165, 1.54) is 32.1 Å². The van der Waals surface area contributed by atoms with Gasteiger partial charge in [0.05, 0.1) is 18.1 Å². The van der Waals surface area contributed by atoms with Gasteiger partial charge in [0, 0.05) is 0 Å². The summed E-state index contributed by atoms with van der Waals surface area (Å²) < 4.78 is 19.4. The average Bonchev–Trinajstić information content (AvgIpc) is 2.23. The van der Waals surface area contributed by atoms with Gasteiger partial charge < -0.3 is 4.74 Å². The number of rotatable bonds is 1. The van der Waals surface area contributed by atoms with E-state index in [1.54, 1.807) is 6.92 Å². The Morgan fingerprint density at radius 1 is 1.27 bits per heavy atom. The molecule has 2 aliphatic rings. The normalized spacial score (nSPS) is 44.2. The lowest BCUT2D eigenvalue weighted by molar-refractivity contribution is -0.0938. The molecule has 3 heteroatoms. The second kappa shape index (κ2) is 4.58. The third-order valence-corrected chi connectivity index (χ3v) is 4.48. The van der Waals surface area contributed by atoms with E-state index < -0.39 is 5.67 Å². The SMILES string of the molecule is CC1(F)CO[C@H](C2CCCCC2)C[C@@H]1Cl. The molecule has 0 radical (unpaired) electrons. The Kier molecular flexibility index (Phi) is 3.56. The molecule has 1 unspecified atom stereocenters. The van der Waals surface area contributed by atoms with E-state index in [2.05, 4.69) is 0 Å². The largest absolute Gasteiger partial charge is 0.375 e. The Morgan fingerprint density at radius 2 is 1.93 bits per heavy atom. The minimum absolute atomic E-state index is 0.169. The molecule has 1 aliphatic carbocycles. The van der Waals surface area contributed by atoms with Crippen LogP contribution in [0.25, 0.3) is 0 Å². The van der Waals surface area contributed by atoms with Gasteiger partial charge in [0.25, 0.3) is 0 Å². The topological polar surface area (TPSA) is 9.23 Å². The maximum Gasteiger partial charge on any atom is 0.147 e. The molecule has 1 saturated carbocycles. The van der Waals surface area contributed by atoms with Crippen LogP contribution < -0.4 is 0 Å². The molecule has 1 saturated heterocycles. The summed E-state index contributed by atoms with van der Waals surface area (Å²) in [4.78, 5) is 0. The van der Waals surface area contributed by atoms with Crippen LogP contribution in [0.4, 0.5) is 4.39 Å². The molecule has 0 aromatic rings. The van der Waals surface area contributed by atoms with Gasteiger partial charge in [-0.15, -0.1) is 11.6 Å². The summed E-state index contributed by atoms with van der Waals surface area (Å²) >= 11 is 6.07. The fourth-order valence-corrected chi connectivity index (χ4v) is 2.95. The van der Waals surface area contributed by atoms with Gasteiger partial charge in [-0.3, -0.25) is 0 Å². The van der Waals surface area contributed by atoms with Crippen molar-refractivity contribution in [2.45, 2.75) is 62.6 Å². The molecule has 3 atom stereocenters. The first-order valence-electron chi connectivity index (χ1n) is 6.04. The smallest absolute Gasteiger partial charge is 0.147 e. The van der Waals surface area contributed by atoms with Crippen LogP contribution in [-0.2, 0) is 4.74 Å². The van der Waals surface area contributed by atoms with Gasteiger partial charge in [0.2, 0.25) is 0 Å². The van der Waals surface area contributed by atoms with E-state index in [0.717, 1.165) is 0 Å². The van der Waals surface area contributed by atoms with Crippen molar-refractivity contribution in [3.05, 3.63) is 0 Å². The second-order valence-electron chi connectivity index (χ2n) is 5.23. The summed E-state index contributed by atoms with van der Waals surface area (Å²) in [5.41, 5.74) is -1.34. The predicted molar refractivity (Wildman–Crippen MR) is 60.1 cm³/mol. The Bertz CT molecular complexity index is 214. The molecular weight excluding hydrogens is 215 g/mol. The fourth-order valence-electron chi connectivity index (χ4n) is 2.71. The highest BCUT2D eigenvalue weighted by Crippen LogP contribution is 2.37. The van der Waals surface area contributed by atoms with Gasteiger partial charge in [-0.1, -0.05) is 19.3 Å². The van der Waals surface area contributed by atoms with E-state index in [1.807, 2.05) is 0 Å². The van der Waals surface area contributed by atoms with Crippen molar-refractivity contribution in [2.75, 3.05) is 6.61 Å². The van der Waals surface area contributed by atoms with E-state index in [4.69, 9.17) is 16.3 Å². The number of halogens is 2. The molecule has 0 N–H and O–H groups in total. The summed E-state index contributed by atoms with van der Waals surface area (Å²) in [7, 11) is 0. The molecule has 0 bridgehead atoms. The summed E-state index contributed by atoms with van der Waals surface area (Å²) in [6.07, 6.45) is 7.29. The Balaban J connectivity index is 1.90. The van der Waals surface area contributed by atoms with Crippen molar-refractivity contribution in [1.29, 1.82) is 0 Å². The molecule has 2 fully saturated rings. The maximum absolute atomic E-state index is 13.7. The predicted octanol–water partition coefficient (Wildman–Crippen LogP) is 3.69. The number of ether oxygens (including phenoxy) is 1. The van der Waals surface area contributed by atoms with Crippen molar-refractivity contribution in [1.82, 2.24) is 0 Å². The van der Waals surface area contributed by atoms with Crippen molar-refractivity contribution in [2.24, 2.45) is 5.92 Å². The molecule has 0 aromatic heterocycles. The lowest BCUT2D eigenvalue weighted by atomic mass is 9.81. The van der Waals surface area contributed by atoms with Crippen LogP contribution in [0, 0.1) is 5.92 Å². The van der Waals surface area contributed by atoms with Crippen LogP contribution in [0.5, 0.6) is 0 Å². The summed E-state index contributed by atoms with van der Waals surface area (Å²) in [6, 6.07) is 0. The van der Waals surface area contributed by atoms with E-state index in [9.17, 15) is 4.39 Å². The molecule has 88 valence electrons. The first-order valence-corrected chi connectivity index (χ1v) is 6.48. The van der Waals surface area contributed by atoms with Gasteiger partial charge in [-0.05, 0) is 32.1 Å². The minimum Gasteiger partial charge on any atom is -0.375 e. The van der Waals surface area contributed by atoms with Crippen LogP contribution in [0.2, 0.25) is 0 Å². The van der Waals surface area contributed by atoms with Crippen molar-refractivity contribution in [3.63, 3.8) is 0 Å². The van der Waals surface area contributed by atoms with E-state index >= 15 is 0 Å². The molecule has 1 aliphatic heterocycles. The zero-order valence-corrected chi connectivity index (χ0v) is 10.1. The quantitative estimate of drug-likeness (QED) is 0.629. The summed E-state index contributed by atoms with van der Waals surface area (Å²) in [5.74, 6) is 0.621. The summed E-state index contributed by atoms with van der Waals surface area (Å²) in [5, 5.41) is -0.377. The third-order valence-electron chi connectivity index (χ3n) is 3.85.